The van der Waals surface area contributed by atoms with Crippen LogP contribution < -0.4 is 4.74 Å². The first-order chi connectivity index (χ1) is 11.2. The summed E-state index contributed by atoms with van der Waals surface area (Å²) in [6, 6.07) is 5.65. The molecule has 0 bridgehead atoms. The number of halogens is 1. The first-order valence-electron chi connectivity index (χ1n) is 7.13. The first kappa shape index (κ1) is 14.0. The van der Waals surface area contributed by atoms with Crippen molar-refractivity contribution >= 4 is 28.2 Å². The number of rotatable bonds is 3. The van der Waals surface area contributed by atoms with Crippen molar-refractivity contribution in [3.8, 4) is 17.1 Å². The maximum atomic E-state index is 6.27. The van der Waals surface area contributed by atoms with Crippen molar-refractivity contribution in [2.45, 2.75) is 13.5 Å². The number of ether oxygens (including phenoxy) is 1. The number of hydrogen-bond donors (Lipinski definition) is 0. The third kappa shape index (κ3) is 2.12. The molecule has 116 valence electrons. The second-order valence-electron chi connectivity index (χ2n) is 4.99. The normalized spacial score (nSPS) is 11.4. The topological polar surface area (TPSA) is 70.1 Å². The Morgan fingerprint density at radius 2 is 2.13 bits per heavy atom. The Hall–Kier alpha value is -2.67. The maximum Gasteiger partial charge on any atom is 0.226 e. The zero-order chi connectivity index (χ0) is 16.0. The van der Waals surface area contributed by atoms with Gasteiger partial charge in [-0.25, -0.2) is 9.97 Å². The van der Waals surface area contributed by atoms with Gasteiger partial charge in [0.15, 0.2) is 11.5 Å². The molecule has 0 N–H and O–H groups in total. The van der Waals surface area contributed by atoms with Crippen LogP contribution in [0.15, 0.2) is 30.6 Å². The van der Waals surface area contributed by atoms with E-state index in [2.05, 4.69) is 20.2 Å². The van der Waals surface area contributed by atoms with Crippen molar-refractivity contribution in [3.63, 3.8) is 0 Å². The fraction of sp³-hybridized carbons (Fsp3) is 0.200. The van der Waals surface area contributed by atoms with Crippen molar-refractivity contribution in [1.82, 2.24) is 29.4 Å². The third-order valence-electron chi connectivity index (χ3n) is 3.66. The van der Waals surface area contributed by atoms with Crippen LogP contribution in [0.5, 0.6) is 5.75 Å². The van der Waals surface area contributed by atoms with Crippen LogP contribution in [0.25, 0.3) is 27.9 Å². The SMILES string of the molecule is CCn1cc(-c2nc3c4cccc(OC)c4nc(Cl)n3n2)cn1. The molecule has 0 radical (unpaired) electrons. The van der Waals surface area contributed by atoms with Gasteiger partial charge in [-0.3, -0.25) is 4.68 Å². The molecular weight excluding hydrogens is 316 g/mol. The molecule has 23 heavy (non-hydrogen) atoms. The fourth-order valence-corrected chi connectivity index (χ4v) is 2.71. The lowest BCUT2D eigenvalue weighted by molar-refractivity contribution is 0.419. The molecule has 0 fully saturated rings. The monoisotopic (exact) mass is 328 g/mol. The van der Waals surface area contributed by atoms with Crippen LogP contribution in [-0.4, -0.2) is 36.5 Å². The Morgan fingerprint density at radius 1 is 1.26 bits per heavy atom. The molecule has 4 rings (SSSR count). The molecule has 0 spiro atoms. The fourth-order valence-electron chi connectivity index (χ4n) is 2.51. The molecule has 4 aromatic rings. The second-order valence-corrected chi connectivity index (χ2v) is 5.33. The maximum absolute atomic E-state index is 6.27. The highest BCUT2D eigenvalue weighted by molar-refractivity contribution is 6.29. The van der Waals surface area contributed by atoms with E-state index in [0.717, 1.165) is 17.5 Å². The molecule has 0 saturated carbocycles. The van der Waals surface area contributed by atoms with Crippen molar-refractivity contribution in [2.75, 3.05) is 7.11 Å². The van der Waals surface area contributed by atoms with Gasteiger partial charge in [0.25, 0.3) is 0 Å². The van der Waals surface area contributed by atoms with Crippen molar-refractivity contribution in [1.29, 1.82) is 0 Å². The molecule has 0 atom stereocenters. The summed E-state index contributed by atoms with van der Waals surface area (Å²) in [4.78, 5) is 9.00. The number of hydrogen-bond acceptors (Lipinski definition) is 5. The quantitative estimate of drug-likeness (QED) is 0.541. The van der Waals surface area contributed by atoms with E-state index < -0.39 is 0 Å². The van der Waals surface area contributed by atoms with Crippen molar-refractivity contribution in [3.05, 3.63) is 35.9 Å². The van der Waals surface area contributed by atoms with Crippen LogP contribution in [0.3, 0.4) is 0 Å². The van der Waals surface area contributed by atoms with Crippen molar-refractivity contribution in [2.24, 2.45) is 0 Å². The van der Waals surface area contributed by atoms with Crippen LogP contribution in [0.1, 0.15) is 6.92 Å². The lowest BCUT2D eigenvalue weighted by atomic mass is 10.2. The van der Waals surface area contributed by atoms with E-state index in [4.69, 9.17) is 16.3 Å². The van der Waals surface area contributed by atoms with E-state index in [0.29, 0.717) is 22.7 Å². The lowest BCUT2D eigenvalue weighted by Crippen LogP contribution is -1.96. The number of methoxy groups -OCH3 is 1. The van der Waals surface area contributed by atoms with Crippen LogP contribution in [0, 0.1) is 0 Å². The molecule has 0 aliphatic carbocycles. The van der Waals surface area contributed by atoms with Gasteiger partial charge in [0, 0.05) is 18.1 Å². The van der Waals surface area contributed by atoms with Gasteiger partial charge >= 0.3 is 0 Å². The van der Waals surface area contributed by atoms with E-state index >= 15 is 0 Å². The first-order valence-corrected chi connectivity index (χ1v) is 7.51. The summed E-state index contributed by atoms with van der Waals surface area (Å²) in [7, 11) is 1.60. The molecule has 0 saturated heterocycles. The summed E-state index contributed by atoms with van der Waals surface area (Å²) in [5, 5.41) is 9.77. The average molecular weight is 329 g/mol. The lowest BCUT2D eigenvalue weighted by Gasteiger charge is -2.05. The molecule has 0 aliphatic rings. The standard InChI is InChI=1S/C15H13ClN6O/c1-3-21-8-9(7-17-21)13-19-14-10-5-4-6-11(23-2)12(10)18-15(16)22(14)20-13/h4-8H,3H2,1-2H3. The number of nitrogens with zero attached hydrogens (tertiary/aromatic N) is 6. The van der Waals surface area contributed by atoms with Gasteiger partial charge in [0.2, 0.25) is 5.28 Å². The number of aryl methyl sites for hydroxylation is 1. The summed E-state index contributed by atoms with van der Waals surface area (Å²) < 4.78 is 8.70. The minimum absolute atomic E-state index is 0.235. The Bertz CT molecular complexity index is 1020. The number of fused-ring (bicyclic) bond motifs is 3. The zero-order valence-electron chi connectivity index (χ0n) is 12.6. The van der Waals surface area contributed by atoms with Crippen LogP contribution >= 0.6 is 11.6 Å². The summed E-state index contributed by atoms with van der Waals surface area (Å²) in [5.41, 5.74) is 2.14. The average Bonchev–Trinajstić information content (AvgIpc) is 3.21. The van der Waals surface area contributed by atoms with E-state index in [1.807, 2.05) is 36.0 Å². The van der Waals surface area contributed by atoms with Gasteiger partial charge in [-0.05, 0) is 30.7 Å². The predicted octanol–water partition coefficient (Wildman–Crippen LogP) is 2.82. The zero-order valence-corrected chi connectivity index (χ0v) is 13.3. The summed E-state index contributed by atoms with van der Waals surface area (Å²) in [5.74, 6) is 1.21. The van der Waals surface area contributed by atoms with Gasteiger partial charge in [-0.1, -0.05) is 6.07 Å². The molecule has 7 nitrogen and oxygen atoms in total. The Kier molecular flexibility index (Phi) is 3.16. The van der Waals surface area contributed by atoms with E-state index in [9.17, 15) is 0 Å². The Morgan fingerprint density at radius 3 is 2.87 bits per heavy atom. The molecule has 0 amide bonds. The van der Waals surface area contributed by atoms with Gasteiger partial charge in [0.05, 0.1) is 18.9 Å². The second kappa shape index (κ2) is 5.20. The summed E-state index contributed by atoms with van der Waals surface area (Å²) in [6.45, 7) is 2.81. The van der Waals surface area contributed by atoms with E-state index in [-0.39, 0.29) is 5.28 Å². The Balaban J connectivity index is 2.00. The molecule has 3 heterocycles. The van der Waals surface area contributed by atoms with E-state index in [1.165, 1.54) is 4.52 Å². The molecule has 1 aromatic carbocycles. The highest BCUT2D eigenvalue weighted by Crippen LogP contribution is 2.29. The van der Waals surface area contributed by atoms with E-state index in [1.54, 1.807) is 13.3 Å². The summed E-state index contributed by atoms with van der Waals surface area (Å²) in [6.07, 6.45) is 3.64. The minimum atomic E-state index is 0.235. The van der Waals surface area contributed by atoms with Gasteiger partial charge in [0.1, 0.15) is 11.3 Å². The number of para-hydroxylation sites is 1. The van der Waals surface area contributed by atoms with Gasteiger partial charge in [-0.15, -0.1) is 5.10 Å². The minimum Gasteiger partial charge on any atom is -0.494 e. The molecule has 3 aromatic heterocycles. The molecule has 0 unspecified atom stereocenters. The van der Waals surface area contributed by atoms with Crippen LogP contribution in [0.2, 0.25) is 5.28 Å². The predicted molar refractivity (Wildman–Crippen MR) is 86.7 cm³/mol. The molecule has 0 aliphatic heterocycles. The summed E-state index contributed by atoms with van der Waals surface area (Å²) >= 11 is 6.27. The smallest absolute Gasteiger partial charge is 0.226 e. The number of benzene rings is 1. The third-order valence-corrected chi connectivity index (χ3v) is 3.91. The molecular formula is C15H13ClN6O. The van der Waals surface area contributed by atoms with Crippen LogP contribution in [0.4, 0.5) is 0 Å². The van der Waals surface area contributed by atoms with Crippen LogP contribution in [-0.2, 0) is 6.54 Å². The highest BCUT2D eigenvalue weighted by Gasteiger charge is 2.16. The van der Waals surface area contributed by atoms with Gasteiger partial charge in [-0.2, -0.15) is 9.61 Å². The molecule has 8 heteroatoms. The van der Waals surface area contributed by atoms with Gasteiger partial charge < -0.3 is 4.74 Å². The van der Waals surface area contributed by atoms with Crippen molar-refractivity contribution < 1.29 is 4.74 Å². The number of aromatic nitrogens is 6. The largest absolute Gasteiger partial charge is 0.494 e. The highest BCUT2D eigenvalue weighted by atomic mass is 35.5. The Labute approximate surface area is 136 Å².